The zero-order valence-electron chi connectivity index (χ0n) is 17.9. The Bertz CT molecular complexity index is 703. The minimum atomic E-state index is -0.597. The summed E-state index contributed by atoms with van der Waals surface area (Å²) in [4.78, 5) is 16.5. The third kappa shape index (κ3) is 4.31. The summed E-state index contributed by atoms with van der Waals surface area (Å²) in [7, 11) is 0. The van der Waals surface area contributed by atoms with Crippen LogP contribution in [0.25, 0.3) is 0 Å². The molecular weight excluding hydrogens is 364 g/mol. The number of piperidine rings is 2. The Kier molecular flexibility index (Phi) is 6.45. The monoisotopic (exact) mass is 401 g/mol. The smallest absolute Gasteiger partial charge is 0.277 e. The van der Waals surface area contributed by atoms with Crippen molar-refractivity contribution in [2.45, 2.75) is 69.9 Å². The summed E-state index contributed by atoms with van der Waals surface area (Å²) >= 11 is 0. The number of nitrogens with one attached hydrogen (secondary N) is 1. The normalized spacial score (nSPS) is 32.5. The Labute approximate surface area is 175 Å². The van der Waals surface area contributed by atoms with Crippen molar-refractivity contribution in [3.8, 4) is 5.75 Å². The molecule has 0 radical (unpaired) electrons. The summed E-state index contributed by atoms with van der Waals surface area (Å²) in [6.07, 6.45) is 8.47. The zero-order valence-corrected chi connectivity index (χ0v) is 17.9. The number of carbonyl (C=O) groups is 1. The van der Waals surface area contributed by atoms with Gasteiger partial charge >= 0.3 is 0 Å². The van der Waals surface area contributed by atoms with Gasteiger partial charge in [0.2, 0.25) is 0 Å². The predicted octanol–water partition coefficient (Wildman–Crippen LogP) is 2.35. The summed E-state index contributed by atoms with van der Waals surface area (Å²) in [6, 6.07) is 8.40. The van der Waals surface area contributed by atoms with Crippen LogP contribution in [0.5, 0.6) is 5.75 Å². The van der Waals surface area contributed by atoms with E-state index < -0.39 is 5.60 Å². The second-order valence-electron chi connectivity index (χ2n) is 9.18. The Hall–Kier alpha value is -1.59. The van der Waals surface area contributed by atoms with Crippen LogP contribution in [-0.4, -0.2) is 54.3 Å². The molecule has 29 heavy (non-hydrogen) atoms. The maximum absolute atomic E-state index is 13.1. The first kappa shape index (κ1) is 20.7. The summed E-state index contributed by atoms with van der Waals surface area (Å²) in [5, 5.41) is 11.5. The molecule has 2 N–H and O–H groups in total. The quantitative estimate of drug-likeness (QED) is 0.796. The second kappa shape index (κ2) is 9.05. The molecule has 3 aliphatic rings. The maximum atomic E-state index is 13.1. The van der Waals surface area contributed by atoms with Gasteiger partial charge in [-0.15, -0.1) is 0 Å². The number of nitrogens with zero attached hydrogens (tertiary/aromatic N) is 1. The first-order valence-electron chi connectivity index (χ1n) is 11.7. The molecule has 3 fully saturated rings. The second-order valence-corrected chi connectivity index (χ2v) is 9.18. The van der Waals surface area contributed by atoms with E-state index in [4.69, 9.17) is 4.74 Å². The lowest BCUT2D eigenvalue weighted by Crippen LogP contribution is -3.16. The van der Waals surface area contributed by atoms with Crippen molar-refractivity contribution in [3.05, 3.63) is 29.8 Å². The number of carbonyl (C=O) groups excluding carboxylic acids is 1. The molecule has 0 aromatic heterocycles. The third-order valence-corrected chi connectivity index (χ3v) is 7.43. The highest BCUT2D eigenvalue weighted by Crippen LogP contribution is 2.45. The van der Waals surface area contributed by atoms with E-state index in [9.17, 15) is 9.90 Å². The third-order valence-electron chi connectivity index (χ3n) is 7.43. The van der Waals surface area contributed by atoms with Crippen molar-refractivity contribution in [2.24, 2.45) is 5.92 Å². The standard InChI is InChI=1S/C24H36N2O3/c1-2-29-21-12-5-4-10-19(21)23-20-11-6-7-13-24(20,28)14-17-26(23)18-22(27)25-15-8-3-9-16-25/h4-5,10,12,20,23,28H,2-3,6-9,11,13-18H2,1H3/p+1/t20-,23-,24-/m0/s1. The van der Waals surface area contributed by atoms with Crippen molar-refractivity contribution >= 4 is 5.91 Å². The fourth-order valence-corrected chi connectivity index (χ4v) is 5.96. The van der Waals surface area contributed by atoms with Crippen molar-refractivity contribution in [3.63, 3.8) is 0 Å². The molecular formula is C24H37N2O3+. The minimum Gasteiger partial charge on any atom is -0.493 e. The molecule has 5 heteroatoms. The number of benzene rings is 1. The fraction of sp³-hybridized carbons (Fsp3) is 0.708. The van der Waals surface area contributed by atoms with Crippen LogP contribution in [0.1, 0.15) is 69.9 Å². The Balaban J connectivity index is 1.63. The Morgan fingerprint density at radius 3 is 2.76 bits per heavy atom. The number of likely N-dealkylation sites (tertiary alicyclic amines) is 2. The van der Waals surface area contributed by atoms with E-state index in [1.807, 2.05) is 19.1 Å². The van der Waals surface area contributed by atoms with Crippen LogP contribution >= 0.6 is 0 Å². The molecule has 0 spiro atoms. The van der Waals surface area contributed by atoms with Crippen molar-refractivity contribution in [1.82, 2.24) is 4.90 Å². The number of hydrogen-bond donors (Lipinski definition) is 2. The van der Waals surface area contributed by atoms with E-state index in [-0.39, 0.29) is 17.9 Å². The predicted molar refractivity (Wildman–Crippen MR) is 113 cm³/mol. The van der Waals surface area contributed by atoms with Crippen LogP contribution < -0.4 is 9.64 Å². The van der Waals surface area contributed by atoms with Gasteiger partial charge in [0, 0.05) is 25.4 Å². The van der Waals surface area contributed by atoms with E-state index in [1.165, 1.54) is 16.9 Å². The van der Waals surface area contributed by atoms with Gasteiger partial charge in [0.15, 0.2) is 6.54 Å². The van der Waals surface area contributed by atoms with Gasteiger partial charge in [0.25, 0.3) is 5.91 Å². The van der Waals surface area contributed by atoms with E-state index in [0.717, 1.165) is 70.3 Å². The molecule has 2 heterocycles. The minimum absolute atomic E-state index is 0.116. The number of hydrogen-bond acceptors (Lipinski definition) is 3. The maximum Gasteiger partial charge on any atom is 0.277 e. The van der Waals surface area contributed by atoms with Gasteiger partial charge in [0.1, 0.15) is 11.8 Å². The van der Waals surface area contributed by atoms with Gasteiger partial charge in [0.05, 0.1) is 24.3 Å². The highest BCUT2D eigenvalue weighted by molar-refractivity contribution is 5.77. The molecule has 1 aromatic carbocycles. The van der Waals surface area contributed by atoms with E-state index in [1.54, 1.807) is 0 Å². The van der Waals surface area contributed by atoms with Crippen LogP contribution in [0, 0.1) is 5.92 Å². The molecule has 5 nitrogen and oxygen atoms in total. The lowest BCUT2D eigenvalue weighted by atomic mass is 9.66. The number of quaternary nitrogens is 1. The number of rotatable bonds is 5. The zero-order chi connectivity index (χ0) is 20.3. The van der Waals surface area contributed by atoms with Gasteiger partial charge < -0.3 is 19.6 Å². The van der Waals surface area contributed by atoms with E-state index in [2.05, 4.69) is 17.0 Å². The Morgan fingerprint density at radius 1 is 1.17 bits per heavy atom. The molecule has 2 saturated heterocycles. The molecule has 4 rings (SSSR count). The average Bonchev–Trinajstić information content (AvgIpc) is 2.75. The average molecular weight is 402 g/mol. The van der Waals surface area contributed by atoms with Crippen LogP contribution in [0.2, 0.25) is 0 Å². The van der Waals surface area contributed by atoms with Crippen LogP contribution in [0.15, 0.2) is 24.3 Å². The van der Waals surface area contributed by atoms with Gasteiger partial charge in [-0.2, -0.15) is 0 Å². The molecule has 160 valence electrons. The summed E-state index contributed by atoms with van der Waals surface area (Å²) in [5.74, 6) is 1.38. The van der Waals surface area contributed by atoms with Gasteiger partial charge in [-0.05, 0) is 51.2 Å². The topological polar surface area (TPSA) is 54.2 Å². The summed E-state index contributed by atoms with van der Waals surface area (Å²) in [6.45, 7) is 5.81. The fourth-order valence-electron chi connectivity index (χ4n) is 5.96. The molecule has 2 aliphatic heterocycles. The SMILES string of the molecule is CCOc1ccccc1[C@H]1[C@@H]2CCCC[C@]2(O)CC[NH+]1CC(=O)N1CCCCC1. The highest BCUT2D eigenvalue weighted by atomic mass is 16.5. The molecule has 0 bridgehead atoms. The number of amides is 1. The summed E-state index contributed by atoms with van der Waals surface area (Å²) in [5.41, 5.74) is 0.570. The molecule has 1 saturated carbocycles. The summed E-state index contributed by atoms with van der Waals surface area (Å²) < 4.78 is 5.98. The van der Waals surface area contributed by atoms with Crippen LogP contribution in [0.4, 0.5) is 0 Å². The Morgan fingerprint density at radius 2 is 1.97 bits per heavy atom. The molecule has 1 amide bonds. The lowest BCUT2D eigenvalue weighted by molar-refractivity contribution is -0.938. The van der Waals surface area contributed by atoms with Crippen LogP contribution in [-0.2, 0) is 4.79 Å². The van der Waals surface area contributed by atoms with Gasteiger partial charge in [-0.3, -0.25) is 4.79 Å². The number of para-hydroxylation sites is 1. The lowest BCUT2D eigenvalue weighted by Gasteiger charge is -2.50. The molecule has 1 aromatic rings. The number of ether oxygens (including phenoxy) is 1. The van der Waals surface area contributed by atoms with E-state index >= 15 is 0 Å². The van der Waals surface area contributed by atoms with Crippen LogP contribution in [0.3, 0.4) is 0 Å². The number of aliphatic hydroxyl groups is 1. The first-order chi connectivity index (χ1) is 14.1. The van der Waals surface area contributed by atoms with Gasteiger partial charge in [-0.1, -0.05) is 25.0 Å². The number of fused-ring (bicyclic) bond motifs is 1. The van der Waals surface area contributed by atoms with E-state index in [0.29, 0.717) is 13.2 Å². The first-order valence-corrected chi connectivity index (χ1v) is 11.7. The van der Waals surface area contributed by atoms with Crippen molar-refractivity contribution < 1.29 is 19.5 Å². The largest absolute Gasteiger partial charge is 0.493 e. The van der Waals surface area contributed by atoms with Gasteiger partial charge in [-0.25, -0.2) is 0 Å². The molecule has 1 unspecified atom stereocenters. The van der Waals surface area contributed by atoms with Crippen molar-refractivity contribution in [1.29, 1.82) is 0 Å². The molecule has 1 aliphatic carbocycles. The van der Waals surface area contributed by atoms with Crippen molar-refractivity contribution in [2.75, 3.05) is 32.8 Å². The molecule has 4 atom stereocenters. The highest BCUT2D eigenvalue weighted by Gasteiger charge is 2.52.